The molecule has 1 aromatic carbocycles. The van der Waals surface area contributed by atoms with Crippen LogP contribution in [0.1, 0.15) is 16.7 Å². The summed E-state index contributed by atoms with van der Waals surface area (Å²) in [5.41, 5.74) is 4.83. The molecule has 0 unspecified atom stereocenters. The van der Waals surface area contributed by atoms with Crippen molar-refractivity contribution in [3.05, 3.63) is 52.4 Å². The van der Waals surface area contributed by atoms with Crippen LogP contribution >= 0.6 is 11.6 Å². The van der Waals surface area contributed by atoms with Gasteiger partial charge >= 0.3 is 5.97 Å². The van der Waals surface area contributed by atoms with Gasteiger partial charge in [0.15, 0.2) is 0 Å². The van der Waals surface area contributed by atoms with Gasteiger partial charge in [-0.15, -0.1) is 0 Å². The Bertz CT molecular complexity index is 1500. The highest BCUT2D eigenvalue weighted by atomic mass is 35.5. The van der Waals surface area contributed by atoms with Crippen LogP contribution in [-0.2, 0) is 4.79 Å². The number of aryl methyl sites for hydroxylation is 1. The van der Waals surface area contributed by atoms with Crippen molar-refractivity contribution < 1.29 is 15.0 Å². The summed E-state index contributed by atoms with van der Waals surface area (Å²) in [6, 6.07) is 5.68. The fourth-order valence-corrected chi connectivity index (χ4v) is 4.63. The van der Waals surface area contributed by atoms with Gasteiger partial charge in [-0.2, -0.15) is 5.26 Å². The zero-order chi connectivity index (χ0) is 24.1. The number of hydrogen-bond donors (Lipinski definition) is 3. The zero-order valence-electron chi connectivity index (χ0n) is 18.3. The molecule has 9 nitrogen and oxygen atoms in total. The van der Waals surface area contributed by atoms with Gasteiger partial charge in [-0.3, -0.25) is 4.79 Å². The van der Waals surface area contributed by atoms with E-state index in [0.717, 1.165) is 11.1 Å². The van der Waals surface area contributed by atoms with E-state index >= 15 is 0 Å². The van der Waals surface area contributed by atoms with Crippen molar-refractivity contribution in [2.75, 3.05) is 18.0 Å². The van der Waals surface area contributed by atoms with Gasteiger partial charge < -0.3 is 20.1 Å². The summed E-state index contributed by atoms with van der Waals surface area (Å²) in [4.78, 5) is 29.2. The van der Waals surface area contributed by atoms with Gasteiger partial charge in [0, 0.05) is 42.8 Å². The number of carboxylic acid groups (broad SMARTS) is 1. The topological polar surface area (TPSA) is 139 Å². The lowest BCUT2D eigenvalue weighted by Gasteiger charge is -2.36. The van der Waals surface area contributed by atoms with Gasteiger partial charge in [-0.1, -0.05) is 17.7 Å². The molecule has 0 radical (unpaired) electrons. The number of nitrogens with zero attached hydrogens (tertiary/aromatic N) is 5. The molecule has 1 saturated heterocycles. The first-order chi connectivity index (χ1) is 16.3. The first-order valence-corrected chi connectivity index (χ1v) is 10.9. The minimum absolute atomic E-state index is 0.138. The van der Waals surface area contributed by atoms with E-state index in [1.807, 2.05) is 6.92 Å². The number of aromatic hydroxyl groups is 1. The van der Waals surface area contributed by atoms with Crippen molar-refractivity contribution >= 4 is 34.6 Å². The molecule has 34 heavy (non-hydrogen) atoms. The highest BCUT2D eigenvalue weighted by molar-refractivity contribution is 6.38. The van der Waals surface area contributed by atoms with E-state index in [0.29, 0.717) is 63.0 Å². The number of rotatable bonds is 4. The molecule has 0 aliphatic carbocycles. The lowest BCUT2D eigenvalue weighted by atomic mass is 9.92. The van der Waals surface area contributed by atoms with Gasteiger partial charge in [-0.25, -0.2) is 15.0 Å². The highest BCUT2D eigenvalue weighted by Gasteiger charge is 2.34. The summed E-state index contributed by atoms with van der Waals surface area (Å²) in [7, 11) is 0. The van der Waals surface area contributed by atoms with Crippen LogP contribution in [0.4, 0.5) is 5.95 Å². The number of nitrogens with one attached hydrogen (secondary N) is 1. The van der Waals surface area contributed by atoms with Gasteiger partial charge in [0.2, 0.25) is 5.95 Å². The summed E-state index contributed by atoms with van der Waals surface area (Å²) < 4.78 is 0. The van der Waals surface area contributed by atoms with Gasteiger partial charge in [-0.05, 0) is 36.6 Å². The second-order valence-corrected chi connectivity index (χ2v) is 8.69. The van der Waals surface area contributed by atoms with E-state index < -0.39 is 11.9 Å². The molecule has 4 aromatic rings. The van der Waals surface area contributed by atoms with Crippen LogP contribution in [0.2, 0.25) is 5.02 Å². The molecule has 170 valence electrons. The van der Waals surface area contributed by atoms with E-state index in [2.05, 4.69) is 26.0 Å². The normalized spacial score (nSPS) is 13.6. The lowest BCUT2D eigenvalue weighted by Crippen LogP contribution is -2.51. The second kappa shape index (κ2) is 8.01. The molecule has 5 rings (SSSR count). The highest BCUT2D eigenvalue weighted by Crippen LogP contribution is 2.41. The summed E-state index contributed by atoms with van der Waals surface area (Å²) >= 11 is 6.74. The summed E-state index contributed by atoms with van der Waals surface area (Å²) in [6.45, 7) is 4.44. The number of H-pyrrole nitrogens is 1. The Morgan fingerprint density at radius 2 is 1.91 bits per heavy atom. The minimum Gasteiger partial charge on any atom is -0.508 e. The number of carboxylic acids is 1. The predicted molar refractivity (Wildman–Crippen MR) is 127 cm³/mol. The van der Waals surface area contributed by atoms with Crippen LogP contribution in [-0.4, -0.2) is 49.2 Å². The molecular weight excluding hydrogens is 456 g/mol. The Kier molecular flexibility index (Phi) is 5.10. The number of nitriles is 1. The maximum absolute atomic E-state index is 11.0. The third-order valence-corrected chi connectivity index (χ3v) is 6.61. The number of hydrogen-bond acceptors (Lipinski definition) is 7. The van der Waals surface area contributed by atoms with E-state index in [9.17, 15) is 15.2 Å². The maximum atomic E-state index is 11.0. The summed E-state index contributed by atoms with van der Waals surface area (Å²) in [5, 5.41) is 30.1. The van der Waals surface area contributed by atoms with Gasteiger partial charge in [0.05, 0.1) is 27.6 Å². The van der Waals surface area contributed by atoms with Crippen LogP contribution in [0.15, 0.2) is 30.7 Å². The number of anilines is 1. The second-order valence-electron chi connectivity index (χ2n) is 8.31. The van der Waals surface area contributed by atoms with Crippen LogP contribution in [0.25, 0.3) is 33.4 Å². The van der Waals surface area contributed by atoms with Crippen LogP contribution < -0.4 is 4.90 Å². The molecular formula is C24H19ClN6O3. The third kappa shape index (κ3) is 3.31. The number of aromatic amines is 1. The number of aromatic nitrogens is 4. The van der Waals surface area contributed by atoms with E-state index in [-0.39, 0.29) is 5.75 Å². The SMILES string of the molecule is Cc1ccc(O)c(C)c1-c1cnc2[nH]c(-c3cnc(N4CC(C(=O)O)C4)nc3)c(Cl)c2c1C#N. The average Bonchev–Trinajstić information content (AvgIpc) is 3.12. The Morgan fingerprint density at radius 3 is 2.56 bits per heavy atom. The Labute approximate surface area is 199 Å². The quantitative estimate of drug-likeness (QED) is 0.402. The van der Waals surface area contributed by atoms with Crippen LogP contribution in [0, 0.1) is 31.1 Å². The number of pyridine rings is 1. The molecule has 0 saturated carbocycles. The molecule has 3 aromatic heterocycles. The molecule has 4 heterocycles. The molecule has 0 spiro atoms. The van der Waals surface area contributed by atoms with Crippen molar-refractivity contribution in [3.63, 3.8) is 0 Å². The maximum Gasteiger partial charge on any atom is 0.310 e. The molecule has 1 fully saturated rings. The standard InChI is InChI=1S/C24H19ClN6O3/c1-11-3-4-17(32)12(2)18(11)16-8-27-22-19(15(16)5-26)20(25)21(30-22)13-6-28-24(29-7-13)31-9-14(10-31)23(33)34/h3-4,6-8,14,32H,9-10H2,1-2H3,(H,27,30)(H,33,34). The van der Waals surface area contributed by atoms with Crippen molar-refractivity contribution in [1.82, 2.24) is 19.9 Å². The van der Waals surface area contributed by atoms with Crippen molar-refractivity contribution in [2.24, 2.45) is 5.92 Å². The first-order valence-electron chi connectivity index (χ1n) is 10.5. The van der Waals surface area contributed by atoms with Crippen molar-refractivity contribution in [2.45, 2.75) is 13.8 Å². The first kappa shape index (κ1) is 21.7. The molecule has 0 amide bonds. The van der Waals surface area contributed by atoms with E-state index in [1.54, 1.807) is 42.5 Å². The van der Waals surface area contributed by atoms with Crippen LogP contribution in [0.3, 0.4) is 0 Å². The molecule has 0 atom stereocenters. The number of phenolic OH excluding ortho intramolecular Hbond substituents is 1. The average molecular weight is 475 g/mol. The monoisotopic (exact) mass is 474 g/mol. The van der Waals surface area contributed by atoms with Gasteiger partial charge in [0.1, 0.15) is 17.5 Å². The number of benzene rings is 1. The summed E-state index contributed by atoms with van der Waals surface area (Å²) in [5.74, 6) is -0.648. The van der Waals surface area contributed by atoms with E-state index in [1.165, 1.54) is 0 Å². The minimum atomic E-state index is -0.825. The van der Waals surface area contributed by atoms with Crippen molar-refractivity contribution in [1.29, 1.82) is 5.26 Å². The fourth-order valence-electron chi connectivity index (χ4n) is 4.28. The fraction of sp³-hybridized carbons (Fsp3) is 0.208. The molecule has 1 aliphatic heterocycles. The molecule has 1 aliphatic rings. The zero-order valence-corrected chi connectivity index (χ0v) is 19.1. The number of aliphatic carboxylic acids is 1. The van der Waals surface area contributed by atoms with E-state index in [4.69, 9.17) is 16.7 Å². The Balaban J connectivity index is 1.57. The largest absolute Gasteiger partial charge is 0.508 e. The lowest BCUT2D eigenvalue weighted by molar-refractivity contribution is -0.142. The number of carbonyl (C=O) groups is 1. The van der Waals surface area contributed by atoms with Gasteiger partial charge in [0.25, 0.3) is 0 Å². The number of halogens is 1. The smallest absolute Gasteiger partial charge is 0.310 e. The Morgan fingerprint density at radius 1 is 1.21 bits per heavy atom. The van der Waals surface area contributed by atoms with Crippen LogP contribution in [0.5, 0.6) is 5.75 Å². The molecule has 0 bridgehead atoms. The molecule has 10 heteroatoms. The number of phenols is 1. The van der Waals surface area contributed by atoms with Crippen molar-refractivity contribution in [3.8, 4) is 34.2 Å². The Hall–Kier alpha value is -4.16. The third-order valence-electron chi connectivity index (χ3n) is 6.23. The number of fused-ring (bicyclic) bond motifs is 1. The summed E-state index contributed by atoms with van der Waals surface area (Å²) in [6.07, 6.45) is 4.81. The molecule has 3 N–H and O–H groups in total. The predicted octanol–water partition coefficient (Wildman–Crippen LogP) is 4.06.